The van der Waals surface area contributed by atoms with E-state index in [-0.39, 0.29) is 11.7 Å². The summed E-state index contributed by atoms with van der Waals surface area (Å²) in [6.07, 6.45) is 3.21. The largest absolute Gasteiger partial charge is 0.298 e. The summed E-state index contributed by atoms with van der Waals surface area (Å²) in [4.78, 5) is 32.2. The van der Waals surface area contributed by atoms with E-state index in [0.717, 1.165) is 10.9 Å². The molecule has 0 unspecified atom stereocenters. The number of hydrogen-bond donors (Lipinski definition) is 1. The van der Waals surface area contributed by atoms with Crippen molar-refractivity contribution in [3.8, 4) is 0 Å². The number of carbonyl (C=O) groups excluding carboxylic acids is 2. The molecule has 7 nitrogen and oxygen atoms in total. The highest BCUT2D eigenvalue weighted by Crippen LogP contribution is 2.19. The topological polar surface area (TPSA) is 89.8 Å². The summed E-state index contributed by atoms with van der Waals surface area (Å²) >= 11 is 1.21. The number of nitrogens with zero attached hydrogens (tertiary/aromatic N) is 4. The molecule has 0 radical (unpaired) electrons. The molecule has 0 bridgehead atoms. The van der Waals surface area contributed by atoms with E-state index in [0.29, 0.717) is 28.6 Å². The van der Waals surface area contributed by atoms with Crippen molar-refractivity contribution in [2.24, 2.45) is 0 Å². The molecular weight excluding hydrogens is 362 g/mol. The molecule has 0 aliphatic heterocycles. The van der Waals surface area contributed by atoms with Crippen LogP contribution in [0.5, 0.6) is 0 Å². The van der Waals surface area contributed by atoms with Gasteiger partial charge in [0.2, 0.25) is 0 Å². The summed E-state index contributed by atoms with van der Waals surface area (Å²) in [6, 6.07) is 11.7. The van der Waals surface area contributed by atoms with E-state index in [4.69, 9.17) is 0 Å². The Morgan fingerprint density at radius 2 is 2.00 bits per heavy atom. The molecule has 3 heterocycles. The first-order valence-corrected chi connectivity index (χ1v) is 9.11. The zero-order valence-corrected chi connectivity index (χ0v) is 15.2. The van der Waals surface area contributed by atoms with Crippen LogP contribution in [0.3, 0.4) is 0 Å². The Morgan fingerprint density at radius 1 is 1.19 bits per heavy atom. The van der Waals surface area contributed by atoms with Gasteiger partial charge in [-0.3, -0.25) is 14.9 Å². The van der Waals surface area contributed by atoms with Gasteiger partial charge in [-0.2, -0.15) is 5.10 Å². The van der Waals surface area contributed by atoms with Gasteiger partial charge < -0.3 is 0 Å². The third-order valence-corrected chi connectivity index (χ3v) is 4.76. The standard InChI is InChI=1S/C19H15N5O2S/c1-12(25)16-11-27-19(22-16)23-18(26)15-7-14-9-21-24(17(14)20-8-15)10-13-5-3-2-4-6-13/h2-9,11H,10H2,1H3,(H,22,23,26). The number of anilines is 1. The number of thiazole rings is 1. The fourth-order valence-electron chi connectivity index (χ4n) is 2.63. The monoisotopic (exact) mass is 377 g/mol. The average Bonchev–Trinajstić information content (AvgIpc) is 3.30. The summed E-state index contributed by atoms with van der Waals surface area (Å²) in [6.45, 7) is 2.04. The van der Waals surface area contributed by atoms with Crippen LogP contribution in [0.4, 0.5) is 5.13 Å². The Bertz CT molecular complexity index is 1130. The molecule has 0 fully saturated rings. The fourth-order valence-corrected chi connectivity index (χ4v) is 3.37. The highest BCUT2D eigenvalue weighted by Gasteiger charge is 2.13. The number of hydrogen-bond acceptors (Lipinski definition) is 6. The predicted octanol–water partition coefficient (Wildman–Crippen LogP) is 3.39. The number of nitrogens with one attached hydrogen (secondary N) is 1. The highest BCUT2D eigenvalue weighted by molar-refractivity contribution is 7.14. The minimum atomic E-state index is -0.329. The average molecular weight is 377 g/mol. The molecule has 1 N–H and O–H groups in total. The highest BCUT2D eigenvalue weighted by atomic mass is 32.1. The first kappa shape index (κ1) is 17.0. The molecular formula is C19H15N5O2S. The van der Waals surface area contributed by atoms with Crippen LogP contribution in [0.2, 0.25) is 0 Å². The molecule has 4 aromatic rings. The molecule has 0 atom stereocenters. The van der Waals surface area contributed by atoms with Crippen LogP contribution >= 0.6 is 11.3 Å². The van der Waals surface area contributed by atoms with Crippen molar-refractivity contribution >= 4 is 39.2 Å². The number of fused-ring (bicyclic) bond motifs is 1. The number of ketones is 1. The maximum Gasteiger partial charge on any atom is 0.259 e. The van der Waals surface area contributed by atoms with Crippen molar-refractivity contribution in [1.82, 2.24) is 19.7 Å². The zero-order chi connectivity index (χ0) is 18.8. The smallest absolute Gasteiger partial charge is 0.259 e. The van der Waals surface area contributed by atoms with Crippen molar-refractivity contribution in [3.05, 3.63) is 71.0 Å². The number of Topliss-reactive ketones (excluding diaryl/α,β-unsaturated/α-hetero) is 1. The van der Waals surface area contributed by atoms with Crippen molar-refractivity contribution in [3.63, 3.8) is 0 Å². The maximum atomic E-state index is 12.4. The fraction of sp³-hybridized carbons (Fsp3) is 0.105. The number of amides is 1. The summed E-state index contributed by atoms with van der Waals surface area (Å²) in [5, 5.41) is 9.84. The van der Waals surface area contributed by atoms with Crippen LogP contribution in [0.25, 0.3) is 11.0 Å². The van der Waals surface area contributed by atoms with Gasteiger partial charge in [0.15, 0.2) is 16.6 Å². The lowest BCUT2D eigenvalue weighted by atomic mass is 10.2. The van der Waals surface area contributed by atoms with Crippen LogP contribution in [0, 0.1) is 0 Å². The lowest BCUT2D eigenvalue weighted by Gasteiger charge is -2.04. The van der Waals surface area contributed by atoms with Crippen molar-refractivity contribution in [2.75, 3.05) is 5.32 Å². The van der Waals surface area contributed by atoms with E-state index in [9.17, 15) is 9.59 Å². The number of benzene rings is 1. The SMILES string of the molecule is CC(=O)c1csc(NC(=O)c2cnc3c(cnn3Cc3ccccc3)c2)n1. The van der Waals surface area contributed by atoms with Gasteiger partial charge in [0.1, 0.15) is 5.69 Å². The van der Waals surface area contributed by atoms with Gasteiger partial charge >= 0.3 is 0 Å². The number of rotatable bonds is 5. The summed E-state index contributed by atoms with van der Waals surface area (Å²) in [7, 11) is 0. The third-order valence-electron chi connectivity index (χ3n) is 4.00. The summed E-state index contributed by atoms with van der Waals surface area (Å²) in [5.74, 6) is -0.467. The van der Waals surface area contributed by atoms with Gasteiger partial charge in [-0.1, -0.05) is 30.3 Å². The lowest BCUT2D eigenvalue weighted by Crippen LogP contribution is -2.12. The molecule has 1 amide bonds. The van der Waals surface area contributed by atoms with Crippen molar-refractivity contribution < 1.29 is 9.59 Å². The molecule has 0 spiro atoms. The molecule has 134 valence electrons. The van der Waals surface area contributed by atoms with Crippen LogP contribution in [0.1, 0.15) is 33.3 Å². The van der Waals surface area contributed by atoms with E-state index in [1.165, 1.54) is 24.5 Å². The predicted molar refractivity (Wildman–Crippen MR) is 103 cm³/mol. The lowest BCUT2D eigenvalue weighted by molar-refractivity contribution is 0.100. The van der Waals surface area contributed by atoms with Crippen LogP contribution in [0.15, 0.2) is 54.2 Å². The zero-order valence-electron chi connectivity index (χ0n) is 14.4. The van der Waals surface area contributed by atoms with E-state index < -0.39 is 0 Å². The van der Waals surface area contributed by atoms with Gasteiger partial charge in [0.05, 0.1) is 18.3 Å². The van der Waals surface area contributed by atoms with E-state index >= 15 is 0 Å². The molecule has 0 saturated carbocycles. The Kier molecular flexibility index (Phi) is 4.47. The van der Waals surface area contributed by atoms with E-state index in [1.54, 1.807) is 22.3 Å². The Labute approximate surface area is 158 Å². The van der Waals surface area contributed by atoms with Gasteiger partial charge in [-0.05, 0) is 11.6 Å². The Balaban J connectivity index is 1.54. The number of aromatic nitrogens is 4. The molecule has 3 aromatic heterocycles. The second-order valence-corrected chi connectivity index (χ2v) is 6.83. The molecule has 0 saturated heterocycles. The molecule has 1 aromatic carbocycles. The minimum absolute atomic E-state index is 0.138. The maximum absolute atomic E-state index is 12.4. The van der Waals surface area contributed by atoms with Crippen molar-refractivity contribution in [2.45, 2.75) is 13.5 Å². The molecule has 8 heteroatoms. The molecule has 0 aliphatic rings. The van der Waals surface area contributed by atoms with E-state index in [2.05, 4.69) is 20.4 Å². The van der Waals surface area contributed by atoms with Crippen LogP contribution in [-0.2, 0) is 6.54 Å². The number of pyridine rings is 1. The second kappa shape index (κ2) is 7.08. The second-order valence-electron chi connectivity index (χ2n) is 5.97. The van der Waals surface area contributed by atoms with Gasteiger partial charge in [0.25, 0.3) is 5.91 Å². The summed E-state index contributed by atoms with van der Waals surface area (Å²) in [5.41, 5.74) is 2.58. The third kappa shape index (κ3) is 3.61. The van der Waals surface area contributed by atoms with Crippen LogP contribution < -0.4 is 5.32 Å². The van der Waals surface area contributed by atoms with Crippen molar-refractivity contribution in [1.29, 1.82) is 0 Å². The van der Waals surface area contributed by atoms with Gasteiger partial charge in [-0.15, -0.1) is 11.3 Å². The quantitative estimate of drug-likeness (QED) is 0.539. The first-order chi connectivity index (χ1) is 13.1. The Hall–Kier alpha value is -3.39. The molecule has 0 aliphatic carbocycles. The molecule has 27 heavy (non-hydrogen) atoms. The first-order valence-electron chi connectivity index (χ1n) is 8.23. The molecule has 4 rings (SSSR count). The summed E-state index contributed by atoms with van der Waals surface area (Å²) < 4.78 is 1.80. The Morgan fingerprint density at radius 3 is 2.74 bits per heavy atom. The number of carbonyl (C=O) groups is 2. The van der Waals surface area contributed by atoms with Gasteiger partial charge in [-0.25, -0.2) is 14.6 Å². The minimum Gasteiger partial charge on any atom is -0.298 e. The van der Waals surface area contributed by atoms with Gasteiger partial charge in [0, 0.05) is 23.9 Å². The van der Waals surface area contributed by atoms with Crippen LogP contribution in [-0.4, -0.2) is 31.4 Å². The normalized spacial score (nSPS) is 10.9. The van der Waals surface area contributed by atoms with E-state index in [1.807, 2.05) is 30.3 Å².